The minimum absolute atomic E-state index is 0.174. The molecule has 0 spiro atoms. The van der Waals surface area contributed by atoms with Gasteiger partial charge in [-0.05, 0) is 75.9 Å². The van der Waals surface area contributed by atoms with Crippen LogP contribution in [0.5, 0.6) is 11.5 Å². The molecule has 1 N–H and O–H groups in total. The zero-order chi connectivity index (χ0) is 22.4. The summed E-state index contributed by atoms with van der Waals surface area (Å²) in [5.74, 6) is 0.189. The zero-order valence-electron chi connectivity index (χ0n) is 16.8. The Morgan fingerprint density at radius 1 is 1.23 bits per heavy atom. The number of hydrogen-bond acceptors (Lipinski definition) is 4. The fourth-order valence-electron chi connectivity index (χ4n) is 2.77. The standard InChI is InChI=1S/C23H19BrClFN2O3/c1-14-6-7-18(20(25)8-14)23(29)28-27-12-16-10-19(24)22(21(11-16)30-2)31-13-15-4-3-5-17(26)9-15/h3-12H,13H2,1-2H3,(H,28,29)/b27-12-. The quantitative estimate of drug-likeness (QED) is 0.321. The monoisotopic (exact) mass is 504 g/mol. The van der Waals surface area contributed by atoms with Crippen LogP contribution in [-0.4, -0.2) is 19.2 Å². The molecule has 3 rings (SSSR count). The average Bonchev–Trinajstić information content (AvgIpc) is 2.72. The van der Waals surface area contributed by atoms with E-state index in [2.05, 4.69) is 26.5 Å². The summed E-state index contributed by atoms with van der Waals surface area (Å²) in [7, 11) is 1.51. The fraction of sp³-hybridized carbons (Fsp3) is 0.130. The molecule has 0 bridgehead atoms. The van der Waals surface area contributed by atoms with Crippen molar-refractivity contribution in [2.45, 2.75) is 13.5 Å². The maximum atomic E-state index is 13.4. The van der Waals surface area contributed by atoms with E-state index >= 15 is 0 Å². The molecular formula is C23H19BrClFN2O3. The summed E-state index contributed by atoms with van der Waals surface area (Å²) in [6, 6.07) is 14.8. The molecule has 5 nitrogen and oxygen atoms in total. The van der Waals surface area contributed by atoms with E-state index in [9.17, 15) is 9.18 Å². The first-order chi connectivity index (χ1) is 14.9. The van der Waals surface area contributed by atoms with Crippen molar-refractivity contribution < 1.29 is 18.7 Å². The molecule has 8 heteroatoms. The molecule has 0 unspecified atom stereocenters. The highest BCUT2D eigenvalue weighted by Crippen LogP contribution is 2.36. The molecule has 0 radical (unpaired) electrons. The van der Waals surface area contributed by atoms with Gasteiger partial charge in [-0.2, -0.15) is 5.10 Å². The predicted octanol–water partition coefficient (Wildman–Crippen LogP) is 5.90. The first-order valence-electron chi connectivity index (χ1n) is 9.21. The van der Waals surface area contributed by atoms with Gasteiger partial charge in [0, 0.05) is 0 Å². The second-order valence-electron chi connectivity index (χ2n) is 6.64. The highest BCUT2D eigenvalue weighted by atomic mass is 79.9. The Morgan fingerprint density at radius 3 is 2.74 bits per heavy atom. The van der Waals surface area contributed by atoms with Gasteiger partial charge >= 0.3 is 0 Å². The van der Waals surface area contributed by atoms with E-state index in [-0.39, 0.29) is 12.4 Å². The van der Waals surface area contributed by atoms with Gasteiger partial charge in [0.25, 0.3) is 5.91 Å². The lowest BCUT2D eigenvalue weighted by atomic mass is 10.1. The lowest BCUT2D eigenvalue weighted by Crippen LogP contribution is -2.18. The van der Waals surface area contributed by atoms with E-state index in [1.807, 2.05) is 6.92 Å². The summed E-state index contributed by atoms with van der Waals surface area (Å²) in [6.07, 6.45) is 1.48. The number of carbonyl (C=O) groups excluding carboxylic acids is 1. The number of aryl methyl sites for hydroxylation is 1. The molecule has 1 amide bonds. The van der Waals surface area contributed by atoms with E-state index in [4.69, 9.17) is 21.1 Å². The molecule has 0 aliphatic heterocycles. The van der Waals surface area contributed by atoms with Crippen LogP contribution in [0.3, 0.4) is 0 Å². The van der Waals surface area contributed by atoms with Crippen LogP contribution < -0.4 is 14.9 Å². The molecule has 160 valence electrons. The van der Waals surface area contributed by atoms with Crippen molar-refractivity contribution in [2.24, 2.45) is 5.10 Å². The summed E-state index contributed by atoms with van der Waals surface area (Å²) in [4.78, 5) is 12.3. The van der Waals surface area contributed by atoms with E-state index < -0.39 is 5.91 Å². The van der Waals surface area contributed by atoms with E-state index in [0.717, 1.165) is 5.56 Å². The van der Waals surface area contributed by atoms with Gasteiger partial charge in [0.2, 0.25) is 0 Å². The molecule has 0 fully saturated rings. The highest BCUT2D eigenvalue weighted by molar-refractivity contribution is 9.10. The van der Waals surface area contributed by atoms with Gasteiger partial charge in [0.15, 0.2) is 11.5 Å². The van der Waals surface area contributed by atoms with Crippen molar-refractivity contribution in [1.29, 1.82) is 0 Å². The van der Waals surface area contributed by atoms with Crippen molar-refractivity contribution in [3.8, 4) is 11.5 Å². The van der Waals surface area contributed by atoms with Gasteiger partial charge in [-0.1, -0.05) is 29.8 Å². The Hall–Kier alpha value is -2.90. The third-order valence-electron chi connectivity index (χ3n) is 4.27. The normalized spacial score (nSPS) is 10.9. The number of rotatable bonds is 7. The number of nitrogens with one attached hydrogen (secondary N) is 1. The minimum Gasteiger partial charge on any atom is -0.493 e. The number of amides is 1. The largest absolute Gasteiger partial charge is 0.493 e. The van der Waals surface area contributed by atoms with Gasteiger partial charge in [-0.15, -0.1) is 0 Å². The van der Waals surface area contributed by atoms with Crippen molar-refractivity contribution >= 4 is 39.7 Å². The van der Waals surface area contributed by atoms with Gasteiger partial charge in [0.1, 0.15) is 12.4 Å². The molecule has 3 aromatic carbocycles. The van der Waals surface area contributed by atoms with Crippen molar-refractivity contribution in [3.05, 3.63) is 92.2 Å². The van der Waals surface area contributed by atoms with Crippen LogP contribution in [0.1, 0.15) is 27.0 Å². The van der Waals surface area contributed by atoms with E-state index in [1.54, 1.807) is 42.5 Å². The van der Waals surface area contributed by atoms with Crippen LogP contribution in [0.4, 0.5) is 4.39 Å². The first kappa shape index (κ1) is 22.8. The van der Waals surface area contributed by atoms with Crippen LogP contribution in [0, 0.1) is 12.7 Å². The van der Waals surface area contributed by atoms with Crippen LogP contribution in [0.25, 0.3) is 0 Å². The van der Waals surface area contributed by atoms with Crippen molar-refractivity contribution in [2.75, 3.05) is 7.11 Å². The number of carbonyl (C=O) groups is 1. The van der Waals surface area contributed by atoms with Crippen LogP contribution in [0.2, 0.25) is 5.02 Å². The molecule has 31 heavy (non-hydrogen) atoms. The Labute approximate surface area is 193 Å². The lowest BCUT2D eigenvalue weighted by molar-refractivity contribution is 0.0955. The van der Waals surface area contributed by atoms with Crippen LogP contribution >= 0.6 is 27.5 Å². The smallest absolute Gasteiger partial charge is 0.272 e. The Morgan fingerprint density at radius 2 is 2.03 bits per heavy atom. The molecule has 0 aliphatic rings. The summed E-state index contributed by atoms with van der Waals surface area (Å²) in [5, 5.41) is 4.35. The molecule has 0 saturated heterocycles. The number of hydrazone groups is 1. The lowest BCUT2D eigenvalue weighted by Gasteiger charge is -2.13. The predicted molar refractivity (Wildman–Crippen MR) is 123 cm³/mol. The van der Waals surface area contributed by atoms with Gasteiger partial charge in [-0.3, -0.25) is 4.79 Å². The SMILES string of the molecule is COc1cc(/C=N\NC(=O)c2ccc(C)cc2Cl)cc(Br)c1OCc1cccc(F)c1. The average molecular weight is 506 g/mol. The van der Waals surface area contributed by atoms with Gasteiger partial charge in [-0.25, -0.2) is 9.82 Å². The molecule has 0 saturated carbocycles. The van der Waals surface area contributed by atoms with Crippen LogP contribution in [0.15, 0.2) is 64.2 Å². The van der Waals surface area contributed by atoms with E-state index in [0.29, 0.717) is 37.7 Å². The number of ether oxygens (including phenoxy) is 2. The fourth-order valence-corrected chi connectivity index (χ4v) is 3.66. The number of methoxy groups -OCH3 is 1. The van der Waals surface area contributed by atoms with Crippen LogP contribution in [-0.2, 0) is 6.61 Å². The Kier molecular flexibility index (Phi) is 7.65. The van der Waals surface area contributed by atoms with Gasteiger partial charge < -0.3 is 9.47 Å². The molecule has 0 aromatic heterocycles. The molecule has 3 aromatic rings. The highest BCUT2D eigenvalue weighted by Gasteiger charge is 2.13. The third kappa shape index (κ3) is 6.06. The first-order valence-corrected chi connectivity index (χ1v) is 10.4. The molecule has 0 atom stereocenters. The second kappa shape index (κ2) is 10.4. The summed E-state index contributed by atoms with van der Waals surface area (Å²) >= 11 is 9.57. The summed E-state index contributed by atoms with van der Waals surface area (Å²) in [6.45, 7) is 2.07. The minimum atomic E-state index is -0.415. The number of benzene rings is 3. The van der Waals surface area contributed by atoms with Crippen molar-refractivity contribution in [1.82, 2.24) is 5.43 Å². The Bertz CT molecular complexity index is 1140. The topological polar surface area (TPSA) is 59.9 Å². The number of halogens is 3. The second-order valence-corrected chi connectivity index (χ2v) is 7.90. The molecule has 0 heterocycles. The molecule has 0 aliphatic carbocycles. The van der Waals surface area contributed by atoms with Gasteiger partial charge in [0.05, 0.1) is 28.4 Å². The summed E-state index contributed by atoms with van der Waals surface area (Å²) in [5.41, 5.74) is 5.11. The number of nitrogens with zero attached hydrogens (tertiary/aromatic N) is 1. The zero-order valence-corrected chi connectivity index (χ0v) is 19.1. The van der Waals surface area contributed by atoms with Crippen molar-refractivity contribution in [3.63, 3.8) is 0 Å². The molecular weight excluding hydrogens is 487 g/mol. The summed E-state index contributed by atoms with van der Waals surface area (Å²) < 4.78 is 25.2. The maximum absolute atomic E-state index is 13.4. The van der Waals surface area contributed by atoms with E-state index in [1.165, 1.54) is 25.5 Å². The maximum Gasteiger partial charge on any atom is 0.272 e. The third-order valence-corrected chi connectivity index (χ3v) is 5.17. The number of hydrogen-bond donors (Lipinski definition) is 1. The Balaban J connectivity index is 1.70.